The maximum absolute atomic E-state index is 2.50. The summed E-state index contributed by atoms with van der Waals surface area (Å²) in [4.78, 5) is 2.50. The molecule has 266 valence electrons. The van der Waals surface area contributed by atoms with Gasteiger partial charge in [0.1, 0.15) is 0 Å². The molecule has 10 rings (SSSR count). The largest absolute Gasteiger partial charge is 0.309 e. The lowest BCUT2D eigenvalue weighted by Gasteiger charge is -2.30. The summed E-state index contributed by atoms with van der Waals surface area (Å²) in [6.07, 6.45) is 0. The Bertz CT molecular complexity index is 2840. The van der Waals surface area contributed by atoms with Crippen molar-refractivity contribution in [2.24, 2.45) is 0 Å². The van der Waals surface area contributed by atoms with Crippen LogP contribution in [0.3, 0.4) is 0 Å². The van der Waals surface area contributed by atoms with Gasteiger partial charge < -0.3 is 4.90 Å². The van der Waals surface area contributed by atoms with Crippen LogP contribution in [0.15, 0.2) is 212 Å². The predicted molar refractivity (Wildman–Crippen MR) is 238 cm³/mol. The van der Waals surface area contributed by atoms with E-state index in [0.29, 0.717) is 0 Å². The van der Waals surface area contributed by atoms with Crippen molar-refractivity contribution in [3.05, 3.63) is 223 Å². The van der Waals surface area contributed by atoms with Crippen molar-refractivity contribution in [3.8, 4) is 55.6 Å². The maximum Gasteiger partial charge on any atom is 0.0543 e. The van der Waals surface area contributed by atoms with Gasteiger partial charge in [0.2, 0.25) is 0 Å². The summed E-state index contributed by atoms with van der Waals surface area (Å²) in [5.74, 6) is 0. The highest BCUT2D eigenvalue weighted by Gasteiger charge is 2.40. The summed E-state index contributed by atoms with van der Waals surface area (Å²) in [6, 6.07) is 77.5. The van der Waals surface area contributed by atoms with Gasteiger partial charge in [-0.2, -0.15) is 0 Å². The number of hydrogen-bond acceptors (Lipinski definition) is 1. The zero-order chi connectivity index (χ0) is 37.6. The molecule has 56 heavy (non-hydrogen) atoms. The Balaban J connectivity index is 1.21. The Labute approximate surface area is 329 Å². The molecular formula is C55H41N. The minimum absolute atomic E-state index is 0.217. The Morgan fingerprint density at radius 1 is 0.339 bits per heavy atom. The third-order valence-electron chi connectivity index (χ3n) is 11.7. The normalized spacial score (nSPS) is 12.6. The van der Waals surface area contributed by atoms with E-state index in [9.17, 15) is 0 Å². The molecule has 0 heterocycles. The summed E-state index contributed by atoms with van der Waals surface area (Å²) in [5.41, 5.74) is 18.2. The monoisotopic (exact) mass is 715 g/mol. The first-order valence-electron chi connectivity index (χ1n) is 19.5. The standard InChI is InChI=1S/C55H41N/c1-55(2)50-26-16-28-52(53(50)49-37-48(42-21-10-5-11-22-42)46-24-12-13-25-47(46)54(49)55)56(44-35-33-41(34-36-44)39-19-8-4-9-20-39)51-27-15-14-23-45(51)43-31-29-40(30-32-43)38-17-6-3-7-18-38/h3-37H,1-2H3. The first-order valence-corrected chi connectivity index (χ1v) is 19.5. The molecule has 0 atom stereocenters. The molecule has 9 aromatic rings. The number of nitrogens with zero attached hydrogens (tertiary/aromatic N) is 1. The fourth-order valence-corrected chi connectivity index (χ4v) is 8.99. The highest BCUT2D eigenvalue weighted by atomic mass is 15.1. The molecule has 0 amide bonds. The molecule has 0 aliphatic heterocycles. The summed E-state index contributed by atoms with van der Waals surface area (Å²) < 4.78 is 0. The van der Waals surface area contributed by atoms with E-state index < -0.39 is 0 Å². The van der Waals surface area contributed by atoms with Gasteiger partial charge in [-0.3, -0.25) is 0 Å². The van der Waals surface area contributed by atoms with E-state index >= 15 is 0 Å². The topological polar surface area (TPSA) is 3.24 Å². The molecule has 0 saturated heterocycles. The van der Waals surface area contributed by atoms with E-state index in [1.54, 1.807) is 0 Å². The first-order chi connectivity index (χ1) is 27.6. The SMILES string of the molecule is CC1(C)c2cccc(N(c3ccc(-c4ccccc4)cc3)c3ccccc3-c3ccc(-c4ccccc4)cc3)c2-c2cc(-c3ccccc3)c3ccccc3c21. The molecule has 0 N–H and O–H groups in total. The van der Waals surface area contributed by atoms with Crippen molar-refractivity contribution in [1.82, 2.24) is 0 Å². The molecule has 9 aromatic carbocycles. The number of hydrogen-bond donors (Lipinski definition) is 0. The molecule has 0 aromatic heterocycles. The van der Waals surface area contributed by atoms with Crippen molar-refractivity contribution in [3.63, 3.8) is 0 Å². The molecule has 0 unspecified atom stereocenters. The van der Waals surface area contributed by atoms with Gasteiger partial charge in [-0.1, -0.05) is 196 Å². The van der Waals surface area contributed by atoms with E-state index in [4.69, 9.17) is 0 Å². The second kappa shape index (κ2) is 13.7. The molecule has 0 fully saturated rings. The van der Waals surface area contributed by atoms with Crippen molar-refractivity contribution in [2.75, 3.05) is 4.90 Å². The van der Waals surface area contributed by atoms with Crippen molar-refractivity contribution in [1.29, 1.82) is 0 Å². The zero-order valence-electron chi connectivity index (χ0n) is 31.7. The van der Waals surface area contributed by atoms with Gasteiger partial charge in [0.15, 0.2) is 0 Å². The van der Waals surface area contributed by atoms with Gasteiger partial charge in [-0.25, -0.2) is 0 Å². The average molecular weight is 716 g/mol. The zero-order valence-corrected chi connectivity index (χ0v) is 31.7. The number of para-hydroxylation sites is 1. The first kappa shape index (κ1) is 33.6. The van der Waals surface area contributed by atoms with Crippen LogP contribution in [-0.4, -0.2) is 0 Å². The fraction of sp³-hybridized carbons (Fsp3) is 0.0545. The minimum atomic E-state index is -0.217. The lowest BCUT2D eigenvalue weighted by molar-refractivity contribution is 0.666. The molecule has 1 nitrogen and oxygen atoms in total. The van der Waals surface area contributed by atoms with Gasteiger partial charge in [0.05, 0.1) is 11.4 Å². The fourth-order valence-electron chi connectivity index (χ4n) is 8.99. The highest BCUT2D eigenvalue weighted by Crippen LogP contribution is 2.57. The summed E-state index contributed by atoms with van der Waals surface area (Å²) >= 11 is 0. The van der Waals surface area contributed by atoms with Crippen LogP contribution in [0.5, 0.6) is 0 Å². The van der Waals surface area contributed by atoms with E-state index in [1.165, 1.54) is 83.2 Å². The van der Waals surface area contributed by atoms with Crippen LogP contribution in [-0.2, 0) is 5.41 Å². The van der Waals surface area contributed by atoms with Gasteiger partial charge in [-0.05, 0) is 96.7 Å². The smallest absolute Gasteiger partial charge is 0.0543 e. The summed E-state index contributed by atoms with van der Waals surface area (Å²) in [7, 11) is 0. The average Bonchev–Trinajstić information content (AvgIpc) is 3.51. The Kier molecular flexibility index (Phi) is 8.23. The van der Waals surface area contributed by atoms with Crippen molar-refractivity contribution >= 4 is 27.8 Å². The summed E-state index contributed by atoms with van der Waals surface area (Å²) in [5, 5.41) is 2.60. The van der Waals surface area contributed by atoms with E-state index in [2.05, 4.69) is 231 Å². The third-order valence-corrected chi connectivity index (χ3v) is 11.7. The van der Waals surface area contributed by atoms with Crippen LogP contribution in [0, 0.1) is 0 Å². The summed E-state index contributed by atoms with van der Waals surface area (Å²) in [6.45, 7) is 4.80. The van der Waals surface area contributed by atoms with Crippen LogP contribution >= 0.6 is 0 Å². The van der Waals surface area contributed by atoms with Gasteiger partial charge in [-0.15, -0.1) is 0 Å². The molecule has 0 spiro atoms. The number of rotatable bonds is 7. The molecule has 0 bridgehead atoms. The van der Waals surface area contributed by atoms with Crippen LogP contribution in [0.25, 0.3) is 66.4 Å². The molecule has 0 radical (unpaired) electrons. The second-order valence-corrected chi connectivity index (χ2v) is 15.3. The Hall–Kier alpha value is -6.96. The molecular weight excluding hydrogens is 675 g/mol. The quantitative estimate of drug-likeness (QED) is 0.159. The second-order valence-electron chi connectivity index (χ2n) is 15.3. The molecule has 0 saturated carbocycles. The Morgan fingerprint density at radius 2 is 0.804 bits per heavy atom. The number of anilines is 3. The predicted octanol–water partition coefficient (Wildman–Crippen LogP) is 15.3. The highest BCUT2D eigenvalue weighted by molar-refractivity contribution is 6.08. The number of benzene rings is 9. The third kappa shape index (κ3) is 5.63. The molecule has 1 aliphatic carbocycles. The van der Waals surface area contributed by atoms with Gasteiger partial charge in [0, 0.05) is 22.2 Å². The van der Waals surface area contributed by atoms with Crippen LogP contribution in [0.1, 0.15) is 25.0 Å². The van der Waals surface area contributed by atoms with Crippen LogP contribution in [0.2, 0.25) is 0 Å². The van der Waals surface area contributed by atoms with Crippen LogP contribution in [0.4, 0.5) is 17.1 Å². The lowest BCUT2D eigenvalue weighted by Crippen LogP contribution is -2.16. The molecule has 1 aliphatic rings. The lowest BCUT2D eigenvalue weighted by atomic mass is 9.79. The van der Waals surface area contributed by atoms with E-state index in [1.807, 2.05) is 0 Å². The van der Waals surface area contributed by atoms with Gasteiger partial charge in [0.25, 0.3) is 0 Å². The molecule has 1 heteroatoms. The number of fused-ring (bicyclic) bond motifs is 5. The van der Waals surface area contributed by atoms with E-state index in [-0.39, 0.29) is 5.41 Å². The van der Waals surface area contributed by atoms with Crippen molar-refractivity contribution in [2.45, 2.75) is 19.3 Å². The van der Waals surface area contributed by atoms with Crippen LogP contribution < -0.4 is 4.90 Å². The maximum atomic E-state index is 2.50. The Morgan fingerprint density at radius 3 is 1.45 bits per heavy atom. The van der Waals surface area contributed by atoms with Gasteiger partial charge >= 0.3 is 0 Å². The van der Waals surface area contributed by atoms with E-state index in [0.717, 1.165) is 11.4 Å². The van der Waals surface area contributed by atoms with Crippen molar-refractivity contribution < 1.29 is 0 Å². The minimum Gasteiger partial charge on any atom is -0.309 e.